The van der Waals surface area contributed by atoms with E-state index in [1.807, 2.05) is 0 Å². The summed E-state index contributed by atoms with van der Waals surface area (Å²) >= 11 is 0. The fourth-order valence-electron chi connectivity index (χ4n) is 3.36. The van der Waals surface area contributed by atoms with E-state index >= 15 is 0 Å². The van der Waals surface area contributed by atoms with Crippen LogP contribution in [0, 0.1) is 5.92 Å². The first kappa shape index (κ1) is 28.4. The molecule has 0 unspecified atom stereocenters. The summed E-state index contributed by atoms with van der Waals surface area (Å²) in [6, 6.07) is 17.2. The number of ether oxygens (including phenoxy) is 2. The highest BCUT2D eigenvalue weighted by atomic mass is 28.4. The largest absolute Gasteiger partial charge is 0.459 e. The lowest BCUT2D eigenvalue weighted by Gasteiger charge is -2.23. The summed E-state index contributed by atoms with van der Waals surface area (Å²) in [5, 5.41) is 0. The van der Waals surface area contributed by atoms with Crippen LogP contribution in [0.15, 0.2) is 60.7 Å². The number of hydrogen-bond donors (Lipinski definition) is 0. The maximum absolute atomic E-state index is 12.3. The van der Waals surface area contributed by atoms with Gasteiger partial charge in [0.25, 0.3) is 11.6 Å². The number of carbonyl (C=O) groups is 4. The Bertz CT molecular complexity index is 920. The van der Waals surface area contributed by atoms with Crippen molar-refractivity contribution in [2.24, 2.45) is 5.92 Å². The van der Waals surface area contributed by atoms with Gasteiger partial charge in [0.05, 0.1) is 13.2 Å². The number of ketones is 2. The summed E-state index contributed by atoms with van der Waals surface area (Å²) < 4.78 is 16.7. The molecule has 0 fully saturated rings. The topological polar surface area (TPSA) is 96.0 Å². The molecule has 2 rings (SSSR count). The Kier molecular flexibility index (Phi) is 11.2. The highest BCUT2D eigenvalue weighted by Crippen LogP contribution is 2.16. The van der Waals surface area contributed by atoms with E-state index < -0.39 is 40.9 Å². The van der Waals surface area contributed by atoms with Crippen molar-refractivity contribution in [1.82, 2.24) is 0 Å². The van der Waals surface area contributed by atoms with Gasteiger partial charge in [-0.25, -0.2) is 9.59 Å². The maximum atomic E-state index is 12.3. The van der Waals surface area contributed by atoms with Crippen molar-refractivity contribution in [2.45, 2.75) is 45.1 Å². The minimum absolute atomic E-state index is 0.0924. The fraction of sp³-hybridized carbons (Fsp3) is 0.385. The molecule has 0 atom stereocenters. The van der Waals surface area contributed by atoms with Crippen molar-refractivity contribution in [3.63, 3.8) is 0 Å². The summed E-state index contributed by atoms with van der Waals surface area (Å²) in [5.41, 5.74) is 0.492. The molecule has 9 heteroatoms. The lowest BCUT2D eigenvalue weighted by atomic mass is 10.1. The van der Waals surface area contributed by atoms with Crippen molar-refractivity contribution in [2.75, 3.05) is 13.2 Å². The fourth-order valence-corrected chi connectivity index (χ4v) is 8.65. The zero-order chi connectivity index (χ0) is 25.8. The molecular formula is C26H33O7Si2. The van der Waals surface area contributed by atoms with Crippen molar-refractivity contribution in [3.05, 3.63) is 71.8 Å². The Morgan fingerprint density at radius 2 is 1.20 bits per heavy atom. The number of hydrogen-bond acceptors (Lipinski definition) is 7. The molecule has 0 aromatic heterocycles. The Morgan fingerprint density at radius 3 is 1.60 bits per heavy atom. The predicted molar refractivity (Wildman–Crippen MR) is 137 cm³/mol. The predicted octanol–water partition coefficient (Wildman–Crippen LogP) is 4.71. The van der Waals surface area contributed by atoms with Crippen molar-refractivity contribution < 1.29 is 32.8 Å². The highest BCUT2D eigenvalue weighted by Gasteiger charge is 2.24. The summed E-state index contributed by atoms with van der Waals surface area (Å²) in [7, 11) is -2.58. The molecule has 0 aliphatic rings. The first-order valence-corrected chi connectivity index (χ1v) is 17.1. The zero-order valence-electron chi connectivity index (χ0n) is 20.7. The maximum Gasteiger partial charge on any atom is 0.379 e. The third kappa shape index (κ3) is 10.5. The van der Waals surface area contributed by atoms with Gasteiger partial charge in [-0.2, -0.15) is 0 Å². The smallest absolute Gasteiger partial charge is 0.379 e. The summed E-state index contributed by atoms with van der Waals surface area (Å²) in [5.74, 6) is -3.74. The van der Waals surface area contributed by atoms with E-state index in [-0.39, 0.29) is 30.3 Å². The SMILES string of the molecule is C[Si](CCCC(COC(=O)C(=O)c1ccccc1)COC(=O)C(=O)c1ccccc1)O[Si](C)(C)C. The normalized spacial score (nSPS) is 11.4. The van der Waals surface area contributed by atoms with E-state index in [0.717, 1.165) is 12.5 Å². The lowest BCUT2D eigenvalue weighted by molar-refractivity contribution is -0.143. The molecule has 1 radical (unpaired) electrons. The van der Waals surface area contributed by atoms with E-state index in [1.165, 1.54) is 0 Å². The number of esters is 2. The van der Waals surface area contributed by atoms with Gasteiger partial charge in [0.1, 0.15) is 0 Å². The van der Waals surface area contributed by atoms with E-state index in [2.05, 4.69) is 26.2 Å². The Hall–Kier alpha value is -2.89. The van der Waals surface area contributed by atoms with Crippen molar-refractivity contribution >= 4 is 40.9 Å². The molecule has 187 valence electrons. The molecule has 0 heterocycles. The molecule has 0 N–H and O–H groups in total. The van der Waals surface area contributed by atoms with E-state index in [9.17, 15) is 19.2 Å². The van der Waals surface area contributed by atoms with Gasteiger partial charge in [-0.3, -0.25) is 9.59 Å². The Labute approximate surface area is 209 Å². The van der Waals surface area contributed by atoms with Gasteiger partial charge in [0.2, 0.25) is 0 Å². The summed E-state index contributed by atoms with van der Waals surface area (Å²) in [6.45, 7) is 8.38. The van der Waals surface area contributed by atoms with E-state index in [4.69, 9.17) is 13.6 Å². The van der Waals surface area contributed by atoms with Gasteiger partial charge in [-0.15, -0.1) is 0 Å². The van der Waals surface area contributed by atoms with E-state index in [1.54, 1.807) is 60.7 Å². The number of Topliss-reactive ketones (excluding diaryl/α,β-unsaturated/α-hetero) is 2. The molecular weight excluding hydrogens is 480 g/mol. The number of benzene rings is 2. The average molecular weight is 514 g/mol. The van der Waals surface area contributed by atoms with Crippen LogP contribution < -0.4 is 0 Å². The third-order valence-corrected chi connectivity index (χ3v) is 9.87. The van der Waals surface area contributed by atoms with Crippen LogP contribution in [-0.2, 0) is 23.2 Å². The molecule has 2 aromatic carbocycles. The third-order valence-electron chi connectivity index (χ3n) is 4.96. The minimum atomic E-state index is -1.62. The van der Waals surface area contributed by atoms with Crippen LogP contribution >= 0.6 is 0 Å². The van der Waals surface area contributed by atoms with Gasteiger partial charge >= 0.3 is 11.9 Å². The van der Waals surface area contributed by atoms with Crippen molar-refractivity contribution in [1.29, 1.82) is 0 Å². The second kappa shape index (κ2) is 13.9. The van der Waals surface area contributed by atoms with Crippen LogP contribution in [0.25, 0.3) is 0 Å². The first-order chi connectivity index (χ1) is 16.6. The Morgan fingerprint density at radius 1 is 0.771 bits per heavy atom. The van der Waals surface area contributed by atoms with Gasteiger partial charge in [-0.1, -0.05) is 67.1 Å². The molecule has 0 aliphatic carbocycles. The second-order valence-corrected chi connectivity index (χ2v) is 16.2. The molecule has 2 aromatic rings. The first-order valence-electron chi connectivity index (χ1n) is 11.6. The summed E-state index contributed by atoms with van der Waals surface area (Å²) in [4.78, 5) is 49.1. The van der Waals surface area contributed by atoms with Crippen molar-refractivity contribution in [3.8, 4) is 0 Å². The molecule has 0 bridgehead atoms. The lowest BCUT2D eigenvalue weighted by Crippen LogP contribution is -2.33. The highest BCUT2D eigenvalue weighted by molar-refractivity contribution is 6.77. The molecule has 35 heavy (non-hydrogen) atoms. The van der Waals surface area contributed by atoms with Gasteiger partial charge in [-0.05, 0) is 38.7 Å². The average Bonchev–Trinajstić information content (AvgIpc) is 2.83. The van der Waals surface area contributed by atoms with Crippen LogP contribution in [0.3, 0.4) is 0 Å². The Balaban J connectivity index is 1.94. The van der Waals surface area contributed by atoms with Gasteiger partial charge < -0.3 is 13.6 Å². The van der Waals surface area contributed by atoms with Crippen LogP contribution in [0.5, 0.6) is 0 Å². The van der Waals surface area contributed by atoms with Crippen LogP contribution in [0.2, 0.25) is 32.2 Å². The molecule has 0 aliphatic heterocycles. The molecule has 0 saturated carbocycles. The van der Waals surface area contributed by atoms with Crippen LogP contribution in [0.4, 0.5) is 0 Å². The number of rotatable bonds is 14. The quantitative estimate of drug-likeness (QED) is 0.156. The summed E-state index contributed by atoms with van der Waals surface area (Å²) in [6.07, 6.45) is 1.38. The van der Waals surface area contributed by atoms with Gasteiger partial charge in [0.15, 0.2) is 17.4 Å². The molecule has 0 saturated heterocycles. The molecule has 7 nitrogen and oxygen atoms in total. The van der Waals surface area contributed by atoms with Crippen LogP contribution in [-0.4, -0.2) is 54.1 Å². The van der Waals surface area contributed by atoms with E-state index in [0.29, 0.717) is 6.42 Å². The van der Waals surface area contributed by atoms with Gasteiger partial charge in [0, 0.05) is 17.0 Å². The minimum Gasteiger partial charge on any atom is -0.459 e. The van der Waals surface area contributed by atoms with Crippen LogP contribution in [0.1, 0.15) is 33.6 Å². The number of carbonyl (C=O) groups excluding carboxylic acids is 4. The second-order valence-electron chi connectivity index (χ2n) is 9.26. The molecule has 0 amide bonds. The standard InChI is InChI=1S/C26H33O7Si2/c1-34(33-35(2,3)4)17-11-12-20(18-31-25(29)23(27)21-13-7-5-8-14-21)19-32-26(30)24(28)22-15-9-6-10-16-22/h5-10,13-16,20H,11-12,17-19H2,1-4H3. The monoisotopic (exact) mass is 513 g/mol. The zero-order valence-corrected chi connectivity index (χ0v) is 22.7. The molecule has 0 spiro atoms.